The van der Waals surface area contributed by atoms with Crippen LogP contribution in [0.4, 0.5) is 34.6 Å². The molecule has 0 unspecified atom stereocenters. The highest BCUT2D eigenvalue weighted by Gasteiger charge is 2.63. The number of hydrogen-bond acceptors (Lipinski definition) is 5. The Balaban J connectivity index is 0.935. The smallest absolute Gasteiger partial charge is 0.240 e. The predicted molar refractivity (Wildman–Crippen MR) is 289 cm³/mol. The van der Waals surface area contributed by atoms with Gasteiger partial charge in [-0.1, -0.05) is 152 Å². The number of benzene rings is 7. The second kappa shape index (κ2) is 15.3. The van der Waals surface area contributed by atoms with Crippen LogP contribution in [0.5, 0.6) is 0 Å². The Labute approximate surface area is 424 Å². The molecule has 7 aromatic carbocycles. The standard InChI is InChI=1S/C67H61N5/c1-65(47-18-4-2-5-19-47,48-20-6-3-7-21-48)49-22-16-17-46(41-49)62-68-63(71-58-27-12-8-23-54(58)66(55-24-9-13-28-59(55)71)50-33-42-31-43(35-50)36-51(66)34-42)70-64(69-62)72-60-29-14-10-25-56(60)67(57-26-11-15-30-61(57)72)52-37-44-32-45(39-52)40-53(67)38-44/h2-30,41-45,50-53H,31-40H2,1H3. The minimum Gasteiger partial charge on any atom is -0.278 e. The van der Waals surface area contributed by atoms with Gasteiger partial charge in [-0.15, -0.1) is 0 Å². The highest BCUT2D eigenvalue weighted by atomic mass is 15.4. The van der Waals surface area contributed by atoms with E-state index >= 15 is 0 Å². The molecular formula is C67H61N5. The average Bonchev–Trinajstić information content (AvgIpc) is 3.44. The largest absolute Gasteiger partial charge is 0.278 e. The van der Waals surface area contributed by atoms with Crippen LogP contribution in [0.15, 0.2) is 182 Å². The van der Waals surface area contributed by atoms with Gasteiger partial charge in [0.05, 0.1) is 22.7 Å². The Bertz CT molecular complexity index is 3100. The quantitative estimate of drug-likeness (QED) is 0.155. The summed E-state index contributed by atoms with van der Waals surface area (Å²) in [6, 6.07) is 68.5. The van der Waals surface area contributed by atoms with Gasteiger partial charge in [-0.05, 0) is 188 Å². The fraction of sp³-hybridized carbons (Fsp3) is 0.328. The maximum absolute atomic E-state index is 5.85. The predicted octanol–water partition coefficient (Wildman–Crippen LogP) is 15.9. The number of aromatic nitrogens is 3. The van der Waals surface area contributed by atoms with Gasteiger partial charge >= 0.3 is 0 Å². The van der Waals surface area contributed by atoms with E-state index < -0.39 is 5.41 Å². The fourth-order valence-corrected chi connectivity index (χ4v) is 18.4. The molecule has 1 aromatic heterocycles. The van der Waals surface area contributed by atoms with Crippen LogP contribution in [-0.4, -0.2) is 15.0 Å². The van der Waals surface area contributed by atoms with E-state index in [4.69, 9.17) is 15.0 Å². The summed E-state index contributed by atoms with van der Waals surface area (Å²) in [7, 11) is 0. The second-order valence-corrected chi connectivity index (χ2v) is 23.8. The molecule has 18 rings (SSSR count). The molecule has 0 saturated heterocycles. The summed E-state index contributed by atoms with van der Waals surface area (Å²) in [6.07, 6.45) is 13.5. The van der Waals surface area contributed by atoms with Crippen molar-refractivity contribution in [1.82, 2.24) is 15.0 Å². The molecule has 0 radical (unpaired) electrons. The van der Waals surface area contributed by atoms with Crippen molar-refractivity contribution in [2.75, 3.05) is 9.80 Å². The zero-order valence-corrected chi connectivity index (χ0v) is 41.2. The molecule has 2 aliphatic heterocycles. The van der Waals surface area contributed by atoms with E-state index in [0.29, 0.717) is 41.4 Å². The third-order valence-corrected chi connectivity index (χ3v) is 20.6. The van der Waals surface area contributed by atoms with E-state index in [0.717, 1.165) is 29.2 Å². The van der Waals surface area contributed by atoms with Crippen LogP contribution in [0.1, 0.15) is 110 Å². The van der Waals surface area contributed by atoms with Crippen molar-refractivity contribution >= 4 is 34.6 Å². The van der Waals surface area contributed by atoms with E-state index in [9.17, 15) is 0 Å². The van der Waals surface area contributed by atoms with E-state index in [-0.39, 0.29) is 10.8 Å². The Kier molecular flexibility index (Phi) is 8.89. The average molecular weight is 936 g/mol. The molecule has 8 bridgehead atoms. The second-order valence-electron chi connectivity index (χ2n) is 23.8. The first-order chi connectivity index (χ1) is 35.5. The highest BCUT2D eigenvalue weighted by molar-refractivity contribution is 5.88. The highest BCUT2D eigenvalue weighted by Crippen LogP contribution is 2.71. The molecule has 5 nitrogen and oxygen atoms in total. The fourth-order valence-electron chi connectivity index (χ4n) is 18.4. The van der Waals surface area contributed by atoms with E-state index in [1.165, 1.54) is 126 Å². The summed E-state index contributed by atoms with van der Waals surface area (Å²) >= 11 is 0. The van der Waals surface area contributed by atoms with Crippen LogP contribution in [0.3, 0.4) is 0 Å². The lowest BCUT2D eigenvalue weighted by atomic mass is 9.41. The lowest BCUT2D eigenvalue weighted by Gasteiger charge is -2.64. The molecule has 8 saturated carbocycles. The monoisotopic (exact) mass is 935 g/mol. The Hall–Kier alpha value is -6.85. The number of fused-ring (bicyclic) bond motifs is 4. The van der Waals surface area contributed by atoms with Gasteiger partial charge in [-0.25, -0.2) is 0 Å². The summed E-state index contributed by atoms with van der Waals surface area (Å²) in [5.74, 6) is 7.97. The Morgan fingerprint density at radius 3 is 1.07 bits per heavy atom. The van der Waals surface area contributed by atoms with Crippen molar-refractivity contribution in [1.29, 1.82) is 0 Å². The first-order valence-electron chi connectivity index (χ1n) is 27.5. The van der Waals surface area contributed by atoms with Crippen molar-refractivity contribution in [2.24, 2.45) is 47.3 Å². The lowest BCUT2D eigenvalue weighted by Crippen LogP contribution is -2.57. The normalized spacial score (nSPS) is 27.1. The van der Waals surface area contributed by atoms with Crippen molar-refractivity contribution in [3.8, 4) is 11.4 Å². The van der Waals surface area contributed by atoms with Crippen molar-refractivity contribution < 1.29 is 0 Å². The van der Waals surface area contributed by atoms with E-state index in [2.05, 4.69) is 199 Å². The minimum atomic E-state index is -0.438. The topological polar surface area (TPSA) is 45.2 Å². The molecule has 8 aromatic rings. The van der Waals surface area contributed by atoms with Crippen LogP contribution < -0.4 is 9.80 Å². The maximum atomic E-state index is 5.85. The van der Waals surface area contributed by atoms with Gasteiger partial charge in [0.15, 0.2) is 5.82 Å². The zero-order chi connectivity index (χ0) is 47.3. The van der Waals surface area contributed by atoms with Crippen LogP contribution in [-0.2, 0) is 16.2 Å². The van der Waals surface area contributed by atoms with Crippen molar-refractivity contribution in [2.45, 2.75) is 87.4 Å². The third-order valence-electron chi connectivity index (χ3n) is 20.6. The van der Waals surface area contributed by atoms with Crippen molar-refractivity contribution in [3.05, 3.63) is 221 Å². The molecule has 5 heteroatoms. The molecule has 10 aliphatic rings. The number of rotatable bonds is 6. The van der Waals surface area contributed by atoms with Gasteiger partial charge in [0.1, 0.15) is 0 Å². The molecule has 0 amide bonds. The van der Waals surface area contributed by atoms with Crippen molar-refractivity contribution in [3.63, 3.8) is 0 Å². The molecule has 354 valence electrons. The molecule has 72 heavy (non-hydrogen) atoms. The number of hydrogen-bond donors (Lipinski definition) is 0. The maximum Gasteiger partial charge on any atom is 0.240 e. The summed E-state index contributed by atoms with van der Waals surface area (Å²) < 4.78 is 0. The Morgan fingerprint density at radius 1 is 0.361 bits per heavy atom. The number of anilines is 6. The van der Waals surface area contributed by atoms with E-state index in [1.807, 2.05) is 0 Å². The summed E-state index contributed by atoms with van der Waals surface area (Å²) in [4.78, 5) is 22.2. The van der Waals surface area contributed by atoms with Crippen LogP contribution >= 0.6 is 0 Å². The molecule has 2 spiro atoms. The lowest BCUT2D eigenvalue weighted by molar-refractivity contribution is -0.0419. The molecule has 3 heterocycles. The van der Waals surface area contributed by atoms with Crippen LogP contribution in [0, 0.1) is 47.3 Å². The molecular weight excluding hydrogens is 875 g/mol. The van der Waals surface area contributed by atoms with Gasteiger partial charge in [0.25, 0.3) is 0 Å². The van der Waals surface area contributed by atoms with Gasteiger partial charge in [-0.3, -0.25) is 9.80 Å². The van der Waals surface area contributed by atoms with Gasteiger partial charge < -0.3 is 0 Å². The minimum absolute atomic E-state index is 0.0266. The van der Waals surface area contributed by atoms with E-state index in [1.54, 1.807) is 0 Å². The molecule has 0 N–H and O–H groups in total. The third kappa shape index (κ3) is 5.58. The summed E-state index contributed by atoms with van der Waals surface area (Å²) in [6.45, 7) is 2.37. The number of nitrogens with zero attached hydrogens (tertiary/aromatic N) is 5. The number of para-hydroxylation sites is 4. The first-order valence-corrected chi connectivity index (χ1v) is 27.5. The first kappa shape index (κ1) is 41.7. The molecule has 0 atom stereocenters. The van der Waals surface area contributed by atoms with Crippen LogP contribution in [0.2, 0.25) is 0 Å². The SMILES string of the molecule is CC(c1ccccc1)(c1ccccc1)c1cccc(-c2nc(N3c4ccccc4C4(c5ccccc53)C3CC5CC(C3)CC4C5)nc(N3c4ccccc4C4(c5ccccc53)C3CC5CC(C3)CC4C5)n2)c1. The van der Waals surface area contributed by atoms with Gasteiger partial charge in [0, 0.05) is 21.8 Å². The summed E-state index contributed by atoms with van der Waals surface area (Å²) in [5, 5.41) is 0. The molecule has 8 fully saturated rings. The van der Waals surface area contributed by atoms with Gasteiger partial charge in [-0.2, -0.15) is 15.0 Å². The van der Waals surface area contributed by atoms with Crippen LogP contribution in [0.25, 0.3) is 11.4 Å². The summed E-state index contributed by atoms with van der Waals surface area (Å²) in [5.41, 5.74) is 14.9. The Morgan fingerprint density at radius 2 is 0.694 bits per heavy atom. The van der Waals surface area contributed by atoms with Gasteiger partial charge in [0.2, 0.25) is 11.9 Å². The zero-order valence-electron chi connectivity index (χ0n) is 41.2. The molecule has 8 aliphatic carbocycles.